The second-order valence-electron chi connectivity index (χ2n) is 6.29. The lowest BCUT2D eigenvalue weighted by Crippen LogP contribution is -2.48. The van der Waals surface area contributed by atoms with Gasteiger partial charge < -0.3 is 10.5 Å². The summed E-state index contributed by atoms with van der Waals surface area (Å²) in [6.07, 6.45) is 1.45. The van der Waals surface area contributed by atoms with Crippen molar-refractivity contribution in [1.82, 2.24) is 4.72 Å². The molecule has 2 rings (SSSR count). The standard InChI is InChI=1S/C15H22N2O4S/c1-14(2,10-16)17-22(19,20)12-6-4-11(5-7-12)15(8-9-15)13(18)21-3/h4-7,17H,8-10,16H2,1-3H3. The maximum Gasteiger partial charge on any atom is 0.316 e. The molecule has 1 aliphatic carbocycles. The van der Waals surface area contributed by atoms with E-state index in [4.69, 9.17) is 10.5 Å². The van der Waals surface area contributed by atoms with Crippen LogP contribution in [0.2, 0.25) is 0 Å². The van der Waals surface area contributed by atoms with Crippen molar-refractivity contribution in [2.75, 3.05) is 13.7 Å². The first-order valence-corrected chi connectivity index (χ1v) is 8.58. The van der Waals surface area contributed by atoms with Crippen molar-refractivity contribution in [2.24, 2.45) is 5.73 Å². The molecule has 1 aromatic carbocycles. The number of methoxy groups -OCH3 is 1. The van der Waals surface area contributed by atoms with E-state index in [0.717, 1.165) is 18.4 Å². The van der Waals surface area contributed by atoms with Gasteiger partial charge in [-0.05, 0) is 44.4 Å². The van der Waals surface area contributed by atoms with E-state index in [9.17, 15) is 13.2 Å². The van der Waals surface area contributed by atoms with Crippen LogP contribution in [0, 0.1) is 0 Å². The first-order chi connectivity index (χ1) is 10.2. The van der Waals surface area contributed by atoms with Crippen LogP contribution in [0.4, 0.5) is 0 Å². The van der Waals surface area contributed by atoms with Gasteiger partial charge in [-0.3, -0.25) is 4.79 Å². The van der Waals surface area contributed by atoms with E-state index in [1.807, 2.05) is 0 Å². The number of carbonyl (C=O) groups is 1. The van der Waals surface area contributed by atoms with Crippen LogP contribution in [0.5, 0.6) is 0 Å². The Labute approximate surface area is 131 Å². The Hall–Kier alpha value is -1.44. The third-order valence-corrected chi connectivity index (χ3v) is 5.68. The van der Waals surface area contributed by atoms with Crippen LogP contribution >= 0.6 is 0 Å². The van der Waals surface area contributed by atoms with E-state index >= 15 is 0 Å². The molecule has 122 valence electrons. The highest BCUT2D eigenvalue weighted by molar-refractivity contribution is 7.89. The van der Waals surface area contributed by atoms with Gasteiger partial charge in [-0.25, -0.2) is 13.1 Å². The smallest absolute Gasteiger partial charge is 0.316 e. The molecular weight excluding hydrogens is 304 g/mol. The summed E-state index contributed by atoms with van der Waals surface area (Å²) in [5.41, 5.74) is 5.02. The van der Waals surface area contributed by atoms with Crippen molar-refractivity contribution in [3.8, 4) is 0 Å². The van der Waals surface area contributed by atoms with E-state index in [1.54, 1.807) is 26.0 Å². The summed E-state index contributed by atoms with van der Waals surface area (Å²) in [4.78, 5) is 12.0. The number of esters is 1. The van der Waals surface area contributed by atoms with Crippen LogP contribution in [-0.4, -0.2) is 33.6 Å². The molecule has 0 bridgehead atoms. The van der Waals surface area contributed by atoms with Crippen molar-refractivity contribution in [1.29, 1.82) is 0 Å². The molecule has 1 aromatic rings. The second kappa shape index (κ2) is 5.64. The molecule has 0 unspecified atom stereocenters. The van der Waals surface area contributed by atoms with E-state index in [-0.39, 0.29) is 17.4 Å². The minimum atomic E-state index is -3.64. The predicted molar refractivity (Wildman–Crippen MR) is 82.8 cm³/mol. The third kappa shape index (κ3) is 3.16. The average molecular weight is 326 g/mol. The number of ether oxygens (including phenoxy) is 1. The molecule has 1 aliphatic rings. The Balaban J connectivity index is 2.25. The van der Waals surface area contributed by atoms with Crippen LogP contribution < -0.4 is 10.5 Å². The Bertz CT molecular complexity index is 661. The largest absolute Gasteiger partial charge is 0.468 e. The van der Waals surface area contributed by atoms with Crippen molar-refractivity contribution in [2.45, 2.75) is 42.5 Å². The maximum atomic E-state index is 12.3. The molecule has 7 heteroatoms. The highest BCUT2D eigenvalue weighted by Gasteiger charge is 2.52. The highest BCUT2D eigenvalue weighted by Crippen LogP contribution is 2.49. The Morgan fingerprint density at radius 2 is 1.86 bits per heavy atom. The number of hydrogen-bond donors (Lipinski definition) is 2. The first kappa shape index (κ1) is 16.9. The van der Waals surface area contributed by atoms with Crippen LogP contribution in [0.15, 0.2) is 29.2 Å². The fourth-order valence-corrected chi connectivity index (χ4v) is 3.77. The van der Waals surface area contributed by atoms with Gasteiger partial charge in [0, 0.05) is 12.1 Å². The number of carbonyl (C=O) groups excluding carboxylic acids is 1. The van der Waals surface area contributed by atoms with Crippen LogP contribution in [0.1, 0.15) is 32.3 Å². The van der Waals surface area contributed by atoms with Gasteiger partial charge in [0.05, 0.1) is 17.4 Å². The molecule has 1 fully saturated rings. The maximum absolute atomic E-state index is 12.3. The number of hydrogen-bond acceptors (Lipinski definition) is 5. The van der Waals surface area contributed by atoms with E-state index in [1.165, 1.54) is 19.2 Å². The zero-order chi connectivity index (χ0) is 16.6. The van der Waals surface area contributed by atoms with Crippen molar-refractivity contribution >= 4 is 16.0 Å². The topological polar surface area (TPSA) is 98.5 Å². The van der Waals surface area contributed by atoms with Gasteiger partial charge in [-0.2, -0.15) is 0 Å². The molecule has 0 heterocycles. The molecule has 1 saturated carbocycles. The minimum absolute atomic E-state index is 0.151. The summed E-state index contributed by atoms with van der Waals surface area (Å²) < 4.78 is 32.0. The molecule has 0 amide bonds. The van der Waals surface area contributed by atoms with E-state index in [2.05, 4.69) is 4.72 Å². The summed E-state index contributed by atoms with van der Waals surface area (Å²) >= 11 is 0. The number of benzene rings is 1. The number of nitrogens with one attached hydrogen (secondary N) is 1. The Morgan fingerprint density at radius 3 is 2.27 bits per heavy atom. The average Bonchev–Trinajstić information content (AvgIpc) is 3.27. The first-order valence-electron chi connectivity index (χ1n) is 7.10. The molecule has 0 aliphatic heterocycles. The molecule has 6 nitrogen and oxygen atoms in total. The van der Waals surface area contributed by atoms with Gasteiger partial charge in [0.2, 0.25) is 10.0 Å². The Kier molecular flexibility index (Phi) is 4.34. The summed E-state index contributed by atoms with van der Waals surface area (Å²) in [6.45, 7) is 3.63. The fraction of sp³-hybridized carbons (Fsp3) is 0.533. The molecule has 0 atom stereocenters. The second-order valence-corrected chi connectivity index (χ2v) is 7.97. The monoisotopic (exact) mass is 326 g/mol. The molecule has 0 aromatic heterocycles. The summed E-state index contributed by atoms with van der Waals surface area (Å²) in [5.74, 6) is -0.273. The van der Waals surface area contributed by atoms with Crippen LogP contribution in [-0.2, 0) is 25.0 Å². The van der Waals surface area contributed by atoms with Gasteiger partial charge in [0.15, 0.2) is 0 Å². The lowest BCUT2D eigenvalue weighted by atomic mass is 9.96. The van der Waals surface area contributed by atoms with Gasteiger partial charge in [0.25, 0.3) is 0 Å². The normalized spacial score (nSPS) is 17.1. The molecular formula is C15H22N2O4S. The highest BCUT2D eigenvalue weighted by atomic mass is 32.2. The quantitative estimate of drug-likeness (QED) is 0.757. The van der Waals surface area contributed by atoms with Crippen LogP contribution in [0.3, 0.4) is 0 Å². The van der Waals surface area contributed by atoms with Crippen molar-refractivity contribution in [3.05, 3.63) is 29.8 Å². The van der Waals surface area contributed by atoms with Gasteiger partial charge >= 0.3 is 5.97 Å². The zero-order valence-electron chi connectivity index (χ0n) is 13.0. The number of sulfonamides is 1. The molecule has 0 spiro atoms. The number of rotatable bonds is 6. The molecule has 22 heavy (non-hydrogen) atoms. The molecule has 0 saturated heterocycles. The predicted octanol–water partition coefficient (Wildman–Crippen LogP) is 0.907. The minimum Gasteiger partial charge on any atom is -0.468 e. The van der Waals surface area contributed by atoms with Crippen molar-refractivity contribution < 1.29 is 17.9 Å². The molecule has 0 radical (unpaired) electrons. The van der Waals surface area contributed by atoms with E-state index in [0.29, 0.717) is 0 Å². The number of nitrogens with two attached hydrogens (primary N) is 1. The van der Waals surface area contributed by atoms with Crippen LogP contribution in [0.25, 0.3) is 0 Å². The summed E-state index contributed by atoms with van der Waals surface area (Å²) in [6, 6.07) is 6.36. The van der Waals surface area contributed by atoms with E-state index < -0.39 is 21.0 Å². The summed E-state index contributed by atoms with van der Waals surface area (Å²) in [7, 11) is -2.28. The van der Waals surface area contributed by atoms with Gasteiger partial charge in [-0.1, -0.05) is 12.1 Å². The lowest BCUT2D eigenvalue weighted by molar-refractivity contribution is -0.143. The summed E-state index contributed by atoms with van der Waals surface area (Å²) in [5, 5.41) is 0. The lowest BCUT2D eigenvalue weighted by Gasteiger charge is -2.24. The SMILES string of the molecule is COC(=O)C1(c2ccc(S(=O)(=O)NC(C)(C)CN)cc2)CC1. The molecule has 3 N–H and O–H groups in total. The zero-order valence-corrected chi connectivity index (χ0v) is 13.9. The van der Waals surface area contributed by atoms with Crippen molar-refractivity contribution in [3.63, 3.8) is 0 Å². The Morgan fingerprint density at radius 1 is 1.32 bits per heavy atom. The van der Waals surface area contributed by atoms with Gasteiger partial charge in [-0.15, -0.1) is 0 Å². The van der Waals surface area contributed by atoms with Gasteiger partial charge in [0.1, 0.15) is 0 Å². The fourth-order valence-electron chi connectivity index (χ4n) is 2.35. The third-order valence-electron chi connectivity index (χ3n) is 3.96.